The lowest BCUT2D eigenvalue weighted by molar-refractivity contribution is -0.0513. The first-order chi connectivity index (χ1) is 7.95. The number of aromatic nitrogens is 2. The Morgan fingerprint density at radius 2 is 2.29 bits per heavy atom. The van der Waals surface area contributed by atoms with Gasteiger partial charge in [-0.2, -0.15) is 4.98 Å². The molecule has 0 radical (unpaired) electrons. The molecule has 1 aromatic rings. The van der Waals surface area contributed by atoms with Gasteiger partial charge in [-0.25, -0.2) is 4.98 Å². The van der Waals surface area contributed by atoms with Crippen LogP contribution in [0.4, 0.5) is 5.95 Å². The number of aliphatic hydroxyl groups excluding tert-OH is 1. The van der Waals surface area contributed by atoms with Crippen LogP contribution in [0.25, 0.3) is 0 Å². The minimum absolute atomic E-state index is 0.149. The Hall–Kier alpha value is -0.880. The van der Waals surface area contributed by atoms with E-state index in [4.69, 9.17) is 4.74 Å². The van der Waals surface area contributed by atoms with Crippen molar-refractivity contribution in [1.82, 2.24) is 9.97 Å². The number of hydrogen-bond acceptors (Lipinski definition) is 5. The molecule has 2 unspecified atom stereocenters. The Labute approximate surface area is 109 Å². The molecule has 1 heterocycles. The fourth-order valence-corrected chi connectivity index (χ4v) is 2.22. The molecule has 1 aliphatic rings. The lowest BCUT2D eigenvalue weighted by atomic mass is 9.65. The average molecular weight is 302 g/mol. The van der Waals surface area contributed by atoms with Crippen LogP contribution in [0, 0.1) is 5.41 Å². The third kappa shape index (κ3) is 2.24. The Bertz CT molecular complexity index is 425. The van der Waals surface area contributed by atoms with Crippen LogP contribution in [-0.2, 0) is 0 Å². The van der Waals surface area contributed by atoms with E-state index in [1.807, 2.05) is 13.8 Å². The lowest BCUT2D eigenvalue weighted by Gasteiger charge is -2.49. The van der Waals surface area contributed by atoms with Gasteiger partial charge in [0.05, 0.1) is 23.9 Å². The molecule has 0 bridgehead atoms. The van der Waals surface area contributed by atoms with Crippen molar-refractivity contribution in [2.24, 2.45) is 5.41 Å². The number of methoxy groups -OCH3 is 1. The maximum absolute atomic E-state index is 9.66. The first kappa shape index (κ1) is 12.6. The molecule has 2 rings (SSSR count). The number of rotatable bonds is 3. The lowest BCUT2D eigenvalue weighted by Crippen LogP contribution is -2.57. The Balaban J connectivity index is 2.10. The summed E-state index contributed by atoms with van der Waals surface area (Å²) in [6, 6.07) is 0.184. The van der Waals surface area contributed by atoms with Crippen molar-refractivity contribution in [3.8, 4) is 5.88 Å². The molecule has 1 aromatic heterocycles. The molecule has 94 valence electrons. The monoisotopic (exact) mass is 301 g/mol. The summed E-state index contributed by atoms with van der Waals surface area (Å²) < 4.78 is 5.83. The zero-order chi connectivity index (χ0) is 12.6. The van der Waals surface area contributed by atoms with E-state index < -0.39 is 0 Å². The summed E-state index contributed by atoms with van der Waals surface area (Å²) in [4.78, 5) is 8.40. The second-order valence-electron chi connectivity index (χ2n) is 4.82. The molecule has 0 aliphatic heterocycles. The van der Waals surface area contributed by atoms with Crippen molar-refractivity contribution in [3.05, 3.63) is 10.7 Å². The number of ether oxygens (including phenoxy) is 1. The predicted molar refractivity (Wildman–Crippen MR) is 68.1 cm³/mol. The van der Waals surface area contributed by atoms with Gasteiger partial charge in [-0.05, 0) is 22.4 Å². The molecule has 2 N–H and O–H groups in total. The summed E-state index contributed by atoms with van der Waals surface area (Å²) in [5.74, 6) is 1.02. The first-order valence-corrected chi connectivity index (χ1v) is 6.25. The summed E-state index contributed by atoms with van der Waals surface area (Å²) in [6.45, 7) is 4.05. The van der Waals surface area contributed by atoms with Crippen molar-refractivity contribution >= 4 is 21.9 Å². The van der Waals surface area contributed by atoms with E-state index in [-0.39, 0.29) is 17.6 Å². The molecule has 5 nitrogen and oxygen atoms in total. The Morgan fingerprint density at radius 1 is 1.59 bits per heavy atom. The zero-order valence-electron chi connectivity index (χ0n) is 10.1. The molecular weight excluding hydrogens is 286 g/mol. The summed E-state index contributed by atoms with van der Waals surface area (Å²) >= 11 is 3.30. The third-order valence-corrected chi connectivity index (χ3v) is 3.97. The maximum Gasteiger partial charge on any atom is 0.232 e. The number of nitrogens with one attached hydrogen (secondary N) is 1. The molecule has 1 fully saturated rings. The fourth-order valence-electron chi connectivity index (χ4n) is 1.87. The zero-order valence-corrected chi connectivity index (χ0v) is 11.7. The van der Waals surface area contributed by atoms with E-state index in [9.17, 15) is 5.11 Å². The summed E-state index contributed by atoms with van der Waals surface area (Å²) in [6.07, 6.45) is 2.10. The molecular formula is C11H16BrN3O2. The molecule has 1 saturated carbocycles. The minimum Gasteiger partial charge on any atom is -0.480 e. The molecule has 0 amide bonds. The molecule has 1 aliphatic carbocycles. The van der Waals surface area contributed by atoms with Crippen LogP contribution in [0.5, 0.6) is 5.88 Å². The number of aliphatic hydroxyl groups is 1. The quantitative estimate of drug-likeness (QED) is 0.891. The molecule has 2 atom stereocenters. The Morgan fingerprint density at radius 3 is 2.82 bits per heavy atom. The van der Waals surface area contributed by atoms with E-state index in [0.29, 0.717) is 11.8 Å². The van der Waals surface area contributed by atoms with Gasteiger partial charge in [0.15, 0.2) is 0 Å². The average Bonchev–Trinajstić information content (AvgIpc) is 2.31. The van der Waals surface area contributed by atoms with Gasteiger partial charge in [-0.15, -0.1) is 0 Å². The highest BCUT2D eigenvalue weighted by Gasteiger charge is 2.47. The van der Waals surface area contributed by atoms with E-state index >= 15 is 0 Å². The van der Waals surface area contributed by atoms with Gasteiger partial charge in [0.1, 0.15) is 0 Å². The van der Waals surface area contributed by atoms with Crippen LogP contribution in [0.2, 0.25) is 0 Å². The van der Waals surface area contributed by atoms with Crippen molar-refractivity contribution in [2.45, 2.75) is 32.4 Å². The van der Waals surface area contributed by atoms with Gasteiger partial charge in [0.25, 0.3) is 0 Å². The molecule has 0 spiro atoms. The predicted octanol–water partition coefficient (Wildman–Crippen LogP) is 1.82. The summed E-state index contributed by atoms with van der Waals surface area (Å²) in [7, 11) is 1.56. The van der Waals surface area contributed by atoms with Crippen LogP contribution in [0.1, 0.15) is 20.3 Å². The van der Waals surface area contributed by atoms with Gasteiger partial charge < -0.3 is 15.2 Å². The normalized spacial score (nSPS) is 26.2. The highest BCUT2D eigenvalue weighted by atomic mass is 79.9. The Kier molecular flexibility index (Phi) is 3.27. The van der Waals surface area contributed by atoms with E-state index in [1.165, 1.54) is 0 Å². The van der Waals surface area contributed by atoms with Crippen molar-refractivity contribution in [3.63, 3.8) is 0 Å². The third-order valence-electron chi connectivity index (χ3n) is 3.42. The summed E-state index contributed by atoms with van der Waals surface area (Å²) in [5, 5.41) is 12.9. The van der Waals surface area contributed by atoms with Crippen LogP contribution in [-0.4, -0.2) is 34.3 Å². The first-order valence-electron chi connectivity index (χ1n) is 5.46. The molecule has 6 heteroatoms. The smallest absolute Gasteiger partial charge is 0.232 e. The molecule has 0 saturated heterocycles. The van der Waals surface area contributed by atoms with E-state index in [2.05, 4.69) is 31.2 Å². The second-order valence-corrected chi connectivity index (χ2v) is 5.67. The molecule has 0 aromatic carbocycles. The second kappa shape index (κ2) is 4.42. The SMILES string of the molecule is COc1nc(NC2CC(O)C2(C)C)ncc1Br. The fraction of sp³-hybridized carbons (Fsp3) is 0.636. The van der Waals surface area contributed by atoms with E-state index in [1.54, 1.807) is 13.3 Å². The van der Waals surface area contributed by atoms with E-state index in [0.717, 1.165) is 10.9 Å². The van der Waals surface area contributed by atoms with Crippen LogP contribution in [0.15, 0.2) is 10.7 Å². The van der Waals surface area contributed by atoms with Crippen LogP contribution < -0.4 is 10.1 Å². The van der Waals surface area contributed by atoms with Crippen LogP contribution in [0.3, 0.4) is 0 Å². The van der Waals surface area contributed by atoms with Crippen molar-refractivity contribution < 1.29 is 9.84 Å². The summed E-state index contributed by atoms with van der Waals surface area (Å²) in [5.41, 5.74) is -0.149. The van der Waals surface area contributed by atoms with Gasteiger partial charge >= 0.3 is 0 Å². The van der Waals surface area contributed by atoms with Gasteiger partial charge in [-0.1, -0.05) is 13.8 Å². The van der Waals surface area contributed by atoms with Crippen LogP contribution >= 0.6 is 15.9 Å². The molecule has 17 heavy (non-hydrogen) atoms. The van der Waals surface area contributed by atoms with Gasteiger partial charge in [0.2, 0.25) is 11.8 Å². The topological polar surface area (TPSA) is 67.3 Å². The van der Waals surface area contributed by atoms with Gasteiger partial charge in [0, 0.05) is 11.5 Å². The number of hydrogen-bond donors (Lipinski definition) is 2. The van der Waals surface area contributed by atoms with Crippen molar-refractivity contribution in [2.75, 3.05) is 12.4 Å². The minimum atomic E-state index is -0.266. The largest absolute Gasteiger partial charge is 0.480 e. The maximum atomic E-state index is 9.66. The highest BCUT2D eigenvalue weighted by Crippen LogP contribution is 2.42. The number of anilines is 1. The number of nitrogens with zero attached hydrogens (tertiary/aromatic N) is 2. The van der Waals surface area contributed by atoms with Crippen molar-refractivity contribution in [1.29, 1.82) is 0 Å². The highest BCUT2D eigenvalue weighted by molar-refractivity contribution is 9.10. The number of halogens is 1. The standard InChI is InChI=1S/C11H16BrN3O2/c1-11(2)7(4-8(11)16)14-10-13-5-6(12)9(15-10)17-3/h5,7-8,16H,4H2,1-3H3,(H,13,14,15). The van der Waals surface area contributed by atoms with Gasteiger partial charge in [-0.3, -0.25) is 0 Å².